The van der Waals surface area contributed by atoms with Crippen molar-refractivity contribution in [3.05, 3.63) is 28.8 Å². The van der Waals surface area contributed by atoms with Crippen molar-refractivity contribution in [1.29, 1.82) is 0 Å². The highest BCUT2D eigenvalue weighted by atomic mass is 35.5. The van der Waals surface area contributed by atoms with Gasteiger partial charge in [-0.3, -0.25) is 4.79 Å². The van der Waals surface area contributed by atoms with Gasteiger partial charge in [-0.1, -0.05) is 25.4 Å². The highest BCUT2D eigenvalue weighted by Gasteiger charge is 2.11. The Kier molecular flexibility index (Phi) is 7.41. The molecule has 1 amide bonds. The summed E-state index contributed by atoms with van der Waals surface area (Å²) in [5, 5.41) is 6.75. The van der Waals surface area contributed by atoms with Crippen LogP contribution in [0.2, 0.25) is 5.02 Å². The van der Waals surface area contributed by atoms with Gasteiger partial charge in [0.15, 0.2) is 0 Å². The van der Waals surface area contributed by atoms with Gasteiger partial charge in [0.2, 0.25) is 0 Å². The van der Waals surface area contributed by atoms with Crippen molar-refractivity contribution in [2.45, 2.75) is 20.3 Å². The van der Waals surface area contributed by atoms with E-state index in [0.717, 1.165) is 31.7 Å². The summed E-state index contributed by atoms with van der Waals surface area (Å²) in [6, 6.07) is 5.35. The fourth-order valence-corrected chi connectivity index (χ4v) is 1.90. The molecule has 0 bridgehead atoms. The molecule has 112 valence electrons. The molecule has 2 N–H and O–H groups in total. The maximum atomic E-state index is 12.2. The molecule has 0 radical (unpaired) electrons. The number of rotatable bonds is 8. The van der Waals surface area contributed by atoms with Gasteiger partial charge in [0.1, 0.15) is 0 Å². The molecular weight excluding hydrogens is 274 g/mol. The van der Waals surface area contributed by atoms with Crippen LogP contribution in [0.15, 0.2) is 18.2 Å². The standard InChI is InChI=1S/C15H24ClN3O/c1-4-8-17-14-7-6-12(16)11-13(14)15(20)18-9-10-19(3)5-2/h6-7,11,17H,4-5,8-10H2,1-3H3,(H,18,20). The molecule has 0 aliphatic carbocycles. The Labute approximate surface area is 126 Å². The van der Waals surface area contributed by atoms with Gasteiger partial charge in [-0.2, -0.15) is 0 Å². The van der Waals surface area contributed by atoms with Crippen LogP contribution in [-0.2, 0) is 0 Å². The van der Waals surface area contributed by atoms with E-state index in [4.69, 9.17) is 11.6 Å². The molecule has 1 aromatic carbocycles. The third kappa shape index (κ3) is 5.39. The molecule has 0 unspecified atom stereocenters. The summed E-state index contributed by atoms with van der Waals surface area (Å²) < 4.78 is 0. The number of hydrogen-bond donors (Lipinski definition) is 2. The molecule has 0 fully saturated rings. The third-order valence-corrected chi connectivity index (χ3v) is 3.35. The molecule has 5 heteroatoms. The van der Waals surface area contributed by atoms with Gasteiger partial charge in [-0.25, -0.2) is 0 Å². The molecule has 0 atom stereocenters. The molecule has 4 nitrogen and oxygen atoms in total. The summed E-state index contributed by atoms with van der Waals surface area (Å²) >= 11 is 5.99. The molecular formula is C15H24ClN3O. The molecule has 0 aliphatic heterocycles. The number of anilines is 1. The first-order valence-electron chi connectivity index (χ1n) is 7.08. The molecule has 0 aromatic heterocycles. The first-order chi connectivity index (χ1) is 9.58. The summed E-state index contributed by atoms with van der Waals surface area (Å²) in [4.78, 5) is 14.4. The minimum atomic E-state index is -0.0874. The number of benzene rings is 1. The van der Waals surface area contributed by atoms with Crippen molar-refractivity contribution >= 4 is 23.2 Å². The summed E-state index contributed by atoms with van der Waals surface area (Å²) in [6.45, 7) is 7.44. The second-order valence-electron chi connectivity index (χ2n) is 4.77. The van der Waals surface area contributed by atoms with Gasteiger partial charge in [0.05, 0.1) is 5.56 Å². The van der Waals surface area contributed by atoms with E-state index in [9.17, 15) is 4.79 Å². The monoisotopic (exact) mass is 297 g/mol. The van der Waals surface area contributed by atoms with Gasteiger partial charge in [0, 0.05) is 30.3 Å². The van der Waals surface area contributed by atoms with E-state index in [1.54, 1.807) is 12.1 Å². The number of halogens is 1. The smallest absolute Gasteiger partial charge is 0.253 e. The van der Waals surface area contributed by atoms with Crippen LogP contribution >= 0.6 is 11.6 Å². The van der Waals surface area contributed by atoms with E-state index in [1.807, 2.05) is 13.1 Å². The summed E-state index contributed by atoms with van der Waals surface area (Å²) in [5.74, 6) is -0.0874. The molecule has 1 aromatic rings. The summed E-state index contributed by atoms with van der Waals surface area (Å²) in [6.07, 6.45) is 1.00. The molecule has 0 aliphatic rings. The van der Waals surface area contributed by atoms with Crippen LogP contribution < -0.4 is 10.6 Å². The minimum absolute atomic E-state index is 0.0874. The topological polar surface area (TPSA) is 44.4 Å². The summed E-state index contributed by atoms with van der Waals surface area (Å²) in [7, 11) is 2.03. The van der Waals surface area contributed by atoms with E-state index in [1.165, 1.54) is 0 Å². The predicted molar refractivity (Wildman–Crippen MR) is 85.7 cm³/mol. The molecule has 1 rings (SSSR count). The van der Waals surface area contributed by atoms with Crippen LogP contribution in [0, 0.1) is 0 Å². The number of carbonyl (C=O) groups is 1. The van der Waals surface area contributed by atoms with Crippen LogP contribution in [-0.4, -0.2) is 44.0 Å². The number of hydrogen-bond acceptors (Lipinski definition) is 3. The lowest BCUT2D eigenvalue weighted by Gasteiger charge is -2.15. The maximum Gasteiger partial charge on any atom is 0.253 e. The third-order valence-electron chi connectivity index (χ3n) is 3.11. The zero-order valence-corrected chi connectivity index (χ0v) is 13.3. The molecule has 0 saturated heterocycles. The highest BCUT2D eigenvalue weighted by Crippen LogP contribution is 2.20. The lowest BCUT2D eigenvalue weighted by molar-refractivity contribution is 0.0951. The van der Waals surface area contributed by atoms with Gasteiger partial charge >= 0.3 is 0 Å². The van der Waals surface area contributed by atoms with Crippen molar-refractivity contribution in [2.75, 3.05) is 38.5 Å². The van der Waals surface area contributed by atoms with Gasteiger partial charge in [-0.15, -0.1) is 0 Å². The van der Waals surface area contributed by atoms with Crippen LogP contribution in [0.3, 0.4) is 0 Å². The zero-order valence-electron chi connectivity index (χ0n) is 12.5. The van der Waals surface area contributed by atoms with Crippen molar-refractivity contribution in [3.8, 4) is 0 Å². The normalized spacial score (nSPS) is 10.7. The first kappa shape index (κ1) is 16.8. The minimum Gasteiger partial charge on any atom is -0.384 e. The fraction of sp³-hybridized carbons (Fsp3) is 0.533. The first-order valence-corrected chi connectivity index (χ1v) is 7.46. The fourth-order valence-electron chi connectivity index (χ4n) is 1.73. The number of nitrogens with one attached hydrogen (secondary N) is 2. The van der Waals surface area contributed by atoms with Gasteiger partial charge in [0.25, 0.3) is 5.91 Å². The Morgan fingerprint density at radius 3 is 2.70 bits per heavy atom. The lowest BCUT2D eigenvalue weighted by Crippen LogP contribution is -2.33. The second-order valence-corrected chi connectivity index (χ2v) is 5.20. The Balaban J connectivity index is 2.67. The van der Waals surface area contributed by atoms with Gasteiger partial charge < -0.3 is 15.5 Å². The quantitative estimate of drug-likeness (QED) is 0.775. The summed E-state index contributed by atoms with van der Waals surface area (Å²) in [5.41, 5.74) is 1.43. The van der Waals surface area contributed by atoms with E-state index in [-0.39, 0.29) is 5.91 Å². The van der Waals surface area contributed by atoms with Crippen molar-refractivity contribution in [1.82, 2.24) is 10.2 Å². The lowest BCUT2D eigenvalue weighted by atomic mass is 10.1. The Morgan fingerprint density at radius 1 is 1.30 bits per heavy atom. The van der Waals surface area contributed by atoms with Crippen molar-refractivity contribution in [2.24, 2.45) is 0 Å². The van der Waals surface area contributed by atoms with Crippen LogP contribution in [0.4, 0.5) is 5.69 Å². The van der Waals surface area contributed by atoms with Gasteiger partial charge in [-0.05, 0) is 38.2 Å². The van der Waals surface area contributed by atoms with Crippen LogP contribution in [0.1, 0.15) is 30.6 Å². The van der Waals surface area contributed by atoms with Crippen molar-refractivity contribution < 1.29 is 4.79 Å². The van der Waals surface area contributed by atoms with E-state index >= 15 is 0 Å². The van der Waals surface area contributed by atoms with E-state index in [2.05, 4.69) is 29.4 Å². The molecule has 20 heavy (non-hydrogen) atoms. The number of amides is 1. The maximum absolute atomic E-state index is 12.2. The largest absolute Gasteiger partial charge is 0.384 e. The average Bonchev–Trinajstić information content (AvgIpc) is 2.45. The zero-order chi connectivity index (χ0) is 15.0. The van der Waals surface area contributed by atoms with E-state index < -0.39 is 0 Å². The Bertz CT molecular complexity index is 437. The Hall–Kier alpha value is -1.26. The number of carbonyl (C=O) groups excluding carboxylic acids is 1. The Morgan fingerprint density at radius 2 is 2.05 bits per heavy atom. The van der Waals surface area contributed by atoms with Crippen LogP contribution in [0.25, 0.3) is 0 Å². The van der Waals surface area contributed by atoms with Crippen LogP contribution in [0.5, 0.6) is 0 Å². The van der Waals surface area contributed by atoms with E-state index in [0.29, 0.717) is 17.1 Å². The molecule has 0 heterocycles. The predicted octanol–water partition coefficient (Wildman–Crippen LogP) is 2.84. The second kappa shape index (κ2) is 8.82. The number of nitrogens with zero attached hydrogens (tertiary/aromatic N) is 1. The highest BCUT2D eigenvalue weighted by molar-refractivity contribution is 6.31. The molecule has 0 spiro atoms. The molecule has 0 saturated carbocycles. The van der Waals surface area contributed by atoms with Crippen molar-refractivity contribution in [3.63, 3.8) is 0 Å². The number of likely N-dealkylation sites (N-methyl/N-ethyl adjacent to an activating group) is 1. The average molecular weight is 298 g/mol. The SMILES string of the molecule is CCCNc1ccc(Cl)cc1C(=O)NCCN(C)CC.